The van der Waals surface area contributed by atoms with Gasteiger partial charge in [-0.15, -0.1) is 12.4 Å². The molecule has 0 heterocycles. The van der Waals surface area contributed by atoms with Crippen LogP contribution in [0.1, 0.15) is 23.7 Å². The second-order valence-electron chi connectivity index (χ2n) is 3.53. The Balaban J connectivity index is 0.00000225. The highest BCUT2D eigenvalue weighted by molar-refractivity contribution is 14.1. The molecule has 0 aromatic heterocycles. The van der Waals surface area contributed by atoms with Crippen molar-refractivity contribution in [1.82, 2.24) is 5.32 Å². The number of halogens is 2. The molecule has 0 spiro atoms. The first kappa shape index (κ1) is 15.7. The third kappa shape index (κ3) is 5.67. The zero-order chi connectivity index (χ0) is 11.3. The molecule has 0 aliphatic heterocycles. The van der Waals surface area contributed by atoms with Crippen molar-refractivity contribution in [1.29, 1.82) is 0 Å². The lowest BCUT2D eigenvalue weighted by Crippen LogP contribution is -2.28. The first-order valence-electron chi connectivity index (χ1n) is 4.89. The molecule has 1 aromatic carbocycles. The normalized spacial score (nSPS) is 11.4. The Morgan fingerprint density at radius 1 is 1.44 bits per heavy atom. The van der Waals surface area contributed by atoms with E-state index in [9.17, 15) is 4.79 Å². The van der Waals surface area contributed by atoms with Crippen molar-refractivity contribution < 1.29 is 4.79 Å². The van der Waals surface area contributed by atoms with Crippen LogP contribution in [0.2, 0.25) is 0 Å². The zero-order valence-corrected chi connectivity index (χ0v) is 12.0. The van der Waals surface area contributed by atoms with Crippen LogP contribution in [0.3, 0.4) is 0 Å². The van der Waals surface area contributed by atoms with Crippen molar-refractivity contribution in [2.45, 2.75) is 19.4 Å². The quantitative estimate of drug-likeness (QED) is 0.814. The molecule has 0 fully saturated rings. The molecule has 1 unspecified atom stereocenters. The summed E-state index contributed by atoms with van der Waals surface area (Å²) in [6, 6.07) is 7.61. The Morgan fingerprint density at radius 2 is 2.00 bits per heavy atom. The van der Waals surface area contributed by atoms with Gasteiger partial charge in [0.15, 0.2) is 0 Å². The molecular formula is C11H16ClIN2O. The van der Waals surface area contributed by atoms with E-state index >= 15 is 0 Å². The van der Waals surface area contributed by atoms with Gasteiger partial charge in [0.1, 0.15) is 0 Å². The van der Waals surface area contributed by atoms with Gasteiger partial charge in [-0.1, -0.05) is 0 Å². The van der Waals surface area contributed by atoms with Gasteiger partial charge in [0, 0.05) is 21.7 Å². The highest BCUT2D eigenvalue weighted by Crippen LogP contribution is 2.06. The third-order valence-electron chi connectivity index (χ3n) is 1.99. The van der Waals surface area contributed by atoms with Crippen LogP contribution >= 0.6 is 35.0 Å². The number of benzene rings is 1. The average Bonchev–Trinajstić information content (AvgIpc) is 2.18. The number of nitrogens with one attached hydrogen (secondary N) is 1. The summed E-state index contributed by atoms with van der Waals surface area (Å²) in [5.41, 5.74) is 6.28. The van der Waals surface area contributed by atoms with Crippen LogP contribution in [0.25, 0.3) is 0 Å². The minimum absolute atomic E-state index is 0. The Labute approximate surface area is 116 Å². The first-order valence-corrected chi connectivity index (χ1v) is 5.97. The van der Waals surface area contributed by atoms with Gasteiger partial charge in [0.05, 0.1) is 0 Å². The van der Waals surface area contributed by atoms with Gasteiger partial charge in [0.25, 0.3) is 5.91 Å². The maximum atomic E-state index is 11.6. The van der Waals surface area contributed by atoms with E-state index in [1.807, 2.05) is 31.2 Å². The van der Waals surface area contributed by atoms with Crippen LogP contribution in [-0.4, -0.2) is 18.5 Å². The maximum Gasteiger partial charge on any atom is 0.251 e. The summed E-state index contributed by atoms with van der Waals surface area (Å²) >= 11 is 2.21. The van der Waals surface area contributed by atoms with E-state index in [2.05, 4.69) is 27.9 Å². The molecule has 90 valence electrons. The Kier molecular flexibility index (Phi) is 7.70. The molecule has 0 saturated heterocycles. The lowest BCUT2D eigenvalue weighted by Gasteiger charge is -2.07. The third-order valence-corrected chi connectivity index (χ3v) is 2.71. The summed E-state index contributed by atoms with van der Waals surface area (Å²) in [5, 5.41) is 2.83. The van der Waals surface area contributed by atoms with Crippen LogP contribution in [-0.2, 0) is 0 Å². The van der Waals surface area contributed by atoms with E-state index in [4.69, 9.17) is 5.73 Å². The molecular weight excluding hydrogens is 338 g/mol. The summed E-state index contributed by atoms with van der Waals surface area (Å²) in [4.78, 5) is 11.6. The van der Waals surface area contributed by atoms with Crippen molar-refractivity contribution in [3.63, 3.8) is 0 Å². The molecule has 1 aromatic rings. The standard InChI is InChI=1S/C11H15IN2O.ClH/c1-8(13)6-7-14-11(15)9-2-4-10(12)5-3-9;/h2-5,8H,6-7,13H2,1H3,(H,14,15);1H. The summed E-state index contributed by atoms with van der Waals surface area (Å²) in [6.45, 7) is 2.56. The molecule has 3 nitrogen and oxygen atoms in total. The van der Waals surface area contributed by atoms with Crippen LogP contribution in [0.5, 0.6) is 0 Å². The van der Waals surface area contributed by atoms with Crippen LogP contribution in [0.15, 0.2) is 24.3 Å². The highest BCUT2D eigenvalue weighted by Gasteiger charge is 2.04. The van der Waals surface area contributed by atoms with Crippen LogP contribution in [0, 0.1) is 3.57 Å². The summed E-state index contributed by atoms with van der Waals surface area (Å²) in [5.74, 6) is -0.0351. The van der Waals surface area contributed by atoms with Gasteiger partial charge >= 0.3 is 0 Å². The van der Waals surface area contributed by atoms with E-state index in [0.717, 1.165) is 9.99 Å². The second kappa shape index (κ2) is 7.86. The lowest BCUT2D eigenvalue weighted by molar-refractivity contribution is 0.0953. The van der Waals surface area contributed by atoms with E-state index in [1.54, 1.807) is 0 Å². The van der Waals surface area contributed by atoms with Crippen molar-refractivity contribution in [2.24, 2.45) is 5.73 Å². The number of hydrogen-bond donors (Lipinski definition) is 2. The lowest BCUT2D eigenvalue weighted by atomic mass is 10.2. The summed E-state index contributed by atoms with van der Waals surface area (Å²) in [7, 11) is 0. The van der Waals surface area contributed by atoms with Crippen molar-refractivity contribution in [3.05, 3.63) is 33.4 Å². The predicted octanol–water partition coefficient (Wildman–Crippen LogP) is 2.18. The molecule has 0 bridgehead atoms. The molecule has 1 atom stereocenters. The van der Waals surface area contributed by atoms with E-state index in [0.29, 0.717) is 12.1 Å². The minimum atomic E-state index is -0.0351. The van der Waals surface area contributed by atoms with Crippen LogP contribution in [0.4, 0.5) is 0 Å². The predicted molar refractivity (Wildman–Crippen MR) is 77.0 cm³/mol. The maximum absolute atomic E-state index is 11.6. The van der Waals surface area contributed by atoms with E-state index < -0.39 is 0 Å². The van der Waals surface area contributed by atoms with Crippen LogP contribution < -0.4 is 11.1 Å². The molecule has 0 aliphatic carbocycles. The Morgan fingerprint density at radius 3 is 2.50 bits per heavy atom. The van der Waals surface area contributed by atoms with Gasteiger partial charge in [0.2, 0.25) is 0 Å². The molecule has 0 saturated carbocycles. The molecule has 0 radical (unpaired) electrons. The molecule has 3 N–H and O–H groups in total. The van der Waals surface area contributed by atoms with E-state index in [-0.39, 0.29) is 24.4 Å². The smallest absolute Gasteiger partial charge is 0.251 e. The SMILES string of the molecule is CC(N)CCNC(=O)c1ccc(I)cc1.Cl. The van der Waals surface area contributed by atoms with Gasteiger partial charge < -0.3 is 11.1 Å². The zero-order valence-electron chi connectivity index (χ0n) is 9.07. The Bertz CT molecular complexity index is 327. The van der Waals surface area contributed by atoms with E-state index in [1.165, 1.54) is 0 Å². The summed E-state index contributed by atoms with van der Waals surface area (Å²) < 4.78 is 1.12. The molecule has 1 amide bonds. The minimum Gasteiger partial charge on any atom is -0.352 e. The number of rotatable bonds is 4. The fourth-order valence-corrected chi connectivity index (χ4v) is 1.48. The molecule has 16 heavy (non-hydrogen) atoms. The number of carbonyl (C=O) groups is 1. The monoisotopic (exact) mass is 354 g/mol. The largest absolute Gasteiger partial charge is 0.352 e. The fraction of sp³-hybridized carbons (Fsp3) is 0.364. The highest BCUT2D eigenvalue weighted by atomic mass is 127. The number of hydrogen-bond acceptors (Lipinski definition) is 2. The molecule has 5 heteroatoms. The van der Waals surface area contributed by atoms with Gasteiger partial charge in [-0.2, -0.15) is 0 Å². The van der Waals surface area contributed by atoms with Gasteiger partial charge in [-0.05, 0) is 60.2 Å². The number of carbonyl (C=O) groups excluding carboxylic acids is 1. The first-order chi connectivity index (χ1) is 7.09. The van der Waals surface area contributed by atoms with Crippen molar-refractivity contribution in [2.75, 3.05) is 6.54 Å². The summed E-state index contributed by atoms with van der Waals surface area (Å²) in [6.07, 6.45) is 0.802. The number of nitrogens with two attached hydrogens (primary N) is 1. The van der Waals surface area contributed by atoms with Gasteiger partial charge in [-0.3, -0.25) is 4.79 Å². The number of amides is 1. The fourth-order valence-electron chi connectivity index (χ4n) is 1.12. The van der Waals surface area contributed by atoms with Gasteiger partial charge in [-0.25, -0.2) is 0 Å². The second-order valence-corrected chi connectivity index (χ2v) is 4.77. The van der Waals surface area contributed by atoms with Crippen molar-refractivity contribution in [3.8, 4) is 0 Å². The van der Waals surface area contributed by atoms with Crippen molar-refractivity contribution >= 4 is 40.9 Å². The Hall–Kier alpha value is -0.330. The molecule has 0 aliphatic rings. The molecule has 1 rings (SSSR count). The average molecular weight is 355 g/mol. The topological polar surface area (TPSA) is 55.1 Å².